The first kappa shape index (κ1) is 47.0. The van der Waals surface area contributed by atoms with E-state index in [0.29, 0.717) is 59.4 Å². The standard InChI is InChI=1S/C26H25N7OS.C25H23N7O2S/c1-17-13-21(14-18(2)29-17)24-23(20-6-3-5-19(15-20)16-27)30-25(35-24)31-26(34)32-11-7-22(8-12-32)33-10-4-9-28-33;1-15-10-20(11-16(2)28-15)22-21(19-5-3-4-17(12-19)13-26)29-24(35-22)30-25(33)32-8-6-18(7-9-32)23-27-14-34-31-23/h3-6,9-10,13-15,22H,7-8,11-12H2,1-2H3,(H,30,31,34);3-5,10-12,14,18H,6-9H2,1-2H3,(H,29,30,33). The Kier molecular flexibility index (Phi) is 14.1. The van der Waals surface area contributed by atoms with Gasteiger partial charge in [-0.3, -0.25) is 25.3 Å². The molecule has 0 unspecified atom stereocenters. The zero-order valence-electron chi connectivity index (χ0n) is 39.0. The van der Waals surface area contributed by atoms with E-state index < -0.39 is 0 Å². The number of pyridine rings is 2. The number of carbonyl (C=O) groups excluding carboxylic acids is 2. The van der Waals surface area contributed by atoms with Gasteiger partial charge in [0.2, 0.25) is 6.39 Å². The number of aromatic nitrogens is 8. The topological polar surface area (TPSA) is 221 Å². The van der Waals surface area contributed by atoms with E-state index in [2.05, 4.69) is 48.0 Å². The molecule has 8 aromatic rings. The average molecular weight is 969 g/mol. The summed E-state index contributed by atoms with van der Waals surface area (Å²) in [5, 5.41) is 34.0. The molecule has 352 valence electrons. The van der Waals surface area contributed by atoms with Gasteiger partial charge < -0.3 is 14.3 Å². The van der Waals surface area contributed by atoms with Crippen LogP contribution in [0.1, 0.15) is 77.4 Å². The van der Waals surface area contributed by atoms with Crippen LogP contribution < -0.4 is 10.6 Å². The Labute approximate surface area is 412 Å². The number of thiazole rings is 2. The minimum Gasteiger partial charge on any atom is -0.343 e. The molecule has 2 aliphatic rings. The summed E-state index contributed by atoms with van der Waals surface area (Å²) in [5.74, 6) is 0.892. The van der Waals surface area contributed by atoms with Gasteiger partial charge in [-0.1, -0.05) is 52.1 Å². The maximum absolute atomic E-state index is 13.1. The fourth-order valence-corrected chi connectivity index (χ4v) is 10.7. The van der Waals surface area contributed by atoms with E-state index in [9.17, 15) is 20.1 Å². The second-order valence-corrected chi connectivity index (χ2v) is 19.2. The highest BCUT2D eigenvalue weighted by molar-refractivity contribution is 7.20. The normalized spacial score (nSPS) is 14.0. The number of benzene rings is 2. The van der Waals surface area contributed by atoms with Crippen LogP contribution in [0.2, 0.25) is 0 Å². The lowest BCUT2D eigenvalue weighted by Crippen LogP contribution is -2.41. The minimum absolute atomic E-state index is 0.149. The number of nitrogens with zero attached hydrogens (tertiary/aromatic N) is 12. The molecule has 0 saturated carbocycles. The molecule has 4 amide bonds. The van der Waals surface area contributed by atoms with Crippen molar-refractivity contribution in [3.05, 3.63) is 137 Å². The number of carbonyl (C=O) groups is 2. The molecule has 2 aliphatic heterocycles. The number of hydrogen-bond acceptors (Lipinski definition) is 14. The van der Waals surface area contributed by atoms with E-state index >= 15 is 0 Å². The number of likely N-dealkylation sites (tertiary alicyclic amines) is 2. The molecule has 2 N–H and O–H groups in total. The Bertz CT molecular complexity index is 2970. The molecule has 0 aliphatic carbocycles. The summed E-state index contributed by atoms with van der Waals surface area (Å²) in [4.78, 5) is 54.3. The molecular formula is C51H48N14O3S2. The molecule has 19 heteroatoms. The van der Waals surface area contributed by atoms with E-state index in [-0.39, 0.29) is 18.0 Å². The Morgan fingerprint density at radius 2 is 1.13 bits per heavy atom. The van der Waals surface area contributed by atoms with E-state index in [0.717, 1.165) is 91.9 Å². The van der Waals surface area contributed by atoms with Gasteiger partial charge in [-0.15, -0.1) is 0 Å². The molecule has 8 heterocycles. The lowest BCUT2D eigenvalue weighted by atomic mass is 9.96. The molecule has 0 spiro atoms. The highest BCUT2D eigenvalue weighted by Crippen LogP contribution is 2.42. The third-order valence-corrected chi connectivity index (χ3v) is 14.1. The summed E-state index contributed by atoms with van der Waals surface area (Å²) in [7, 11) is 0. The highest BCUT2D eigenvalue weighted by atomic mass is 32.1. The summed E-state index contributed by atoms with van der Waals surface area (Å²) < 4.78 is 6.83. The first-order valence-corrected chi connectivity index (χ1v) is 24.4. The van der Waals surface area contributed by atoms with Gasteiger partial charge in [0.05, 0.1) is 50.4 Å². The van der Waals surface area contributed by atoms with Crippen molar-refractivity contribution in [3.63, 3.8) is 0 Å². The number of hydrogen-bond donors (Lipinski definition) is 2. The van der Waals surface area contributed by atoms with Crippen LogP contribution in [-0.2, 0) is 0 Å². The van der Waals surface area contributed by atoms with Crippen molar-refractivity contribution >= 4 is 45.0 Å². The van der Waals surface area contributed by atoms with Crippen LogP contribution in [0.25, 0.3) is 43.4 Å². The van der Waals surface area contributed by atoms with Gasteiger partial charge in [0.1, 0.15) is 0 Å². The molecule has 10 rings (SSSR count). The second kappa shape index (κ2) is 21.0. The molecule has 0 radical (unpaired) electrons. The van der Waals surface area contributed by atoms with Crippen molar-refractivity contribution in [1.29, 1.82) is 10.5 Å². The number of rotatable bonds is 8. The van der Waals surface area contributed by atoms with Gasteiger partial charge in [-0.25, -0.2) is 19.6 Å². The van der Waals surface area contributed by atoms with E-state index in [1.165, 1.54) is 29.1 Å². The predicted molar refractivity (Wildman–Crippen MR) is 268 cm³/mol. The van der Waals surface area contributed by atoms with Crippen LogP contribution in [0, 0.1) is 50.4 Å². The maximum atomic E-state index is 13.1. The van der Waals surface area contributed by atoms with E-state index in [4.69, 9.17) is 14.5 Å². The van der Waals surface area contributed by atoms with Crippen LogP contribution in [0.5, 0.6) is 0 Å². The number of anilines is 2. The zero-order chi connectivity index (χ0) is 48.7. The van der Waals surface area contributed by atoms with Crippen molar-refractivity contribution in [2.24, 2.45) is 0 Å². The first-order chi connectivity index (χ1) is 34.0. The molecular weight excluding hydrogens is 921 g/mol. The maximum Gasteiger partial charge on any atom is 0.323 e. The largest absolute Gasteiger partial charge is 0.343 e. The van der Waals surface area contributed by atoms with E-state index in [1.54, 1.807) is 23.2 Å². The molecule has 0 bridgehead atoms. The molecule has 70 heavy (non-hydrogen) atoms. The fourth-order valence-electron chi connectivity index (χ4n) is 8.80. The molecule has 2 aromatic carbocycles. The lowest BCUT2D eigenvalue weighted by molar-refractivity contribution is 0.180. The molecule has 2 fully saturated rings. The molecule has 6 aromatic heterocycles. The van der Waals surface area contributed by atoms with Gasteiger partial charge >= 0.3 is 12.1 Å². The molecule has 0 atom stereocenters. The molecule has 2 saturated heterocycles. The zero-order valence-corrected chi connectivity index (χ0v) is 40.6. The van der Waals surface area contributed by atoms with Crippen molar-refractivity contribution in [2.45, 2.75) is 65.3 Å². The van der Waals surface area contributed by atoms with Gasteiger partial charge in [0.15, 0.2) is 16.1 Å². The summed E-state index contributed by atoms with van der Waals surface area (Å²) in [5.41, 5.74) is 9.84. The summed E-state index contributed by atoms with van der Waals surface area (Å²) in [6.07, 6.45) is 8.37. The third-order valence-electron chi connectivity index (χ3n) is 12.1. The number of nitrogens with one attached hydrogen (secondary N) is 2. The Balaban J connectivity index is 0.000000174. The van der Waals surface area contributed by atoms with Gasteiger partial charge in [0.25, 0.3) is 0 Å². The van der Waals surface area contributed by atoms with Crippen molar-refractivity contribution in [1.82, 2.24) is 49.7 Å². The van der Waals surface area contributed by atoms with Crippen LogP contribution in [0.3, 0.4) is 0 Å². The van der Waals surface area contributed by atoms with Gasteiger partial charge in [-0.2, -0.15) is 20.6 Å². The second-order valence-electron chi connectivity index (χ2n) is 17.2. The number of aryl methyl sites for hydroxylation is 4. The first-order valence-electron chi connectivity index (χ1n) is 22.8. The monoisotopic (exact) mass is 968 g/mol. The summed E-state index contributed by atoms with van der Waals surface area (Å²) in [6.45, 7) is 10.4. The average Bonchev–Trinajstić information content (AvgIpc) is 4.23. The number of nitriles is 2. The SMILES string of the molecule is Cc1cc(-c2sc(NC(=O)N3CCC(c4ncon4)CC3)nc2-c2cccc(C#N)c2)cc(C)n1.Cc1cc(-c2sc(NC(=O)N3CCC(n4cccn4)CC3)nc2-c2cccc(C#N)c2)cc(C)n1. The summed E-state index contributed by atoms with van der Waals surface area (Å²) in [6, 6.07) is 29.1. The van der Waals surface area contributed by atoms with Crippen molar-refractivity contribution in [3.8, 4) is 55.5 Å². The fraction of sp³-hybridized carbons (Fsp3) is 0.275. The van der Waals surface area contributed by atoms with Gasteiger partial charge in [-0.05, 0) is 119 Å². The van der Waals surface area contributed by atoms with Crippen LogP contribution in [0.15, 0.2) is 102 Å². The Morgan fingerprint density at radius 3 is 1.56 bits per heavy atom. The number of amides is 4. The highest BCUT2D eigenvalue weighted by Gasteiger charge is 2.28. The van der Waals surface area contributed by atoms with Crippen LogP contribution in [0.4, 0.5) is 19.9 Å². The van der Waals surface area contributed by atoms with Crippen molar-refractivity contribution < 1.29 is 14.1 Å². The predicted octanol–water partition coefficient (Wildman–Crippen LogP) is 10.6. The third kappa shape index (κ3) is 10.9. The van der Waals surface area contributed by atoms with Crippen molar-refractivity contribution in [2.75, 3.05) is 36.8 Å². The Morgan fingerprint density at radius 1 is 0.643 bits per heavy atom. The lowest BCUT2D eigenvalue weighted by Gasteiger charge is -2.31. The number of piperidine rings is 2. The Hall–Kier alpha value is -8.13. The van der Waals surface area contributed by atoms with Gasteiger partial charge in [0, 0.05) is 78.4 Å². The minimum atomic E-state index is -0.184. The van der Waals surface area contributed by atoms with Crippen LogP contribution in [-0.4, -0.2) is 87.9 Å². The molecule has 17 nitrogen and oxygen atoms in total. The van der Waals surface area contributed by atoms with E-state index in [1.807, 2.05) is 110 Å². The summed E-state index contributed by atoms with van der Waals surface area (Å²) >= 11 is 2.85. The van der Waals surface area contributed by atoms with Crippen LogP contribution >= 0.6 is 22.7 Å². The number of urea groups is 2. The smallest absolute Gasteiger partial charge is 0.323 e. The quantitative estimate of drug-likeness (QED) is 0.145.